The van der Waals surface area contributed by atoms with Crippen LogP contribution in [0.3, 0.4) is 0 Å². The molecule has 22 aromatic rings. The van der Waals surface area contributed by atoms with Gasteiger partial charge in [-0.2, -0.15) is 0 Å². The van der Waals surface area contributed by atoms with Crippen LogP contribution in [0.2, 0.25) is 0 Å². The van der Waals surface area contributed by atoms with Crippen LogP contribution in [0.1, 0.15) is 0 Å². The van der Waals surface area contributed by atoms with Crippen molar-refractivity contribution in [1.29, 1.82) is 0 Å². The Morgan fingerprint density at radius 1 is 0.107 bits per heavy atom. The van der Waals surface area contributed by atoms with Gasteiger partial charge >= 0.3 is 0 Å². The SMILES string of the molecule is c1ccc(-c2cc(-c3cccc(-c4ccc5sc6ccc(-c7cccc(-c8cc(-c9ccccc9)nc(-c9ccccc9)c8)c7)cc6c5c4)c3)cc(-c3ccccc3)n2)cc1.c1ccc(-c2cc(-c3ccccc3)nc(-c3cccc(-c4ccc5sc6ccc(-c7cccc(-c8cc(-c9ccccc9)cc(-c9ccccc9)n8)c7)cc6c5c4)c3)c2)cc1. The van der Waals surface area contributed by atoms with Gasteiger partial charge in [-0.3, -0.25) is 0 Å². The minimum atomic E-state index is 0.953. The molecule has 0 saturated heterocycles. The highest BCUT2D eigenvalue weighted by molar-refractivity contribution is 7.26. The molecule has 0 N–H and O–H groups in total. The maximum absolute atomic E-state index is 5.21. The molecule has 0 spiro atoms. The molecular weight excluding hydrogens is 1510 g/mol. The summed E-state index contributed by atoms with van der Waals surface area (Å²) in [5.74, 6) is 0. The summed E-state index contributed by atoms with van der Waals surface area (Å²) in [6.45, 7) is 0. The number of hydrogen-bond acceptors (Lipinski definition) is 6. The van der Waals surface area contributed by atoms with Gasteiger partial charge in [0.2, 0.25) is 0 Å². The molecule has 0 aliphatic rings. The third kappa shape index (κ3) is 15.5. The quantitative estimate of drug-likeness (QED) is 0.0967. The molecule has 6 aromatic heterocycles. The molecule has 0 aliphatic heterocycles. The van der Waals surface area contributed by atoms with Gasteiger partial charge < -0.3 is 0 Å². The van der Waals surface area contributed by atoms with Crippen LogP contribution in [-0.4, -0.2) is 19.9 Å². The fourth-order valence-electron chi connectivity index (χ4n) is 16.6. The third-order valence-electron chi connectivity index (χ3n) is 22.9. The summed E-state index contributed by atoms with van der Waals surface area (Å²) in [6.07, 6.45) is 0. The van der Waals surface area contributed by atoms with E-state index in [0.717, 1.165) is 135 Å². The van der Waals surface area contributed by atoms with Crippen molar-refractivity contribution in [3.8, 4) is 179 Å². The molecule has 0 saturated carbocycles. The van der Waals surface area contributed by atoms with Gasteiger partial charge in [-0.1, -0.05) is 340 Å². The summed E-state index contributed by atoms with van der Waals surface area (Å²) in [4.78, 5) is 20.7. The van der Waals surface area contributed by atoms with Gasteiger partial charge in [0.05, 0.1) is 45.6 Å². The highest BCUT2D eigenvalue weighted by Crippen LogP contribution is 2.45. The van der Waals surface area contributed by atoms with Crippen LogP contribution in [0.4, 0.5) is 0 Å². The molecule has 0 radical (unpaired) electrons. The fraction of sp³-hybridized carbons (Fsp3) is 0. The van der Waals surface area contributed by atoms with E-state index < -0.39 is 0 Å². The molecule has 0 amide bonds. The van der Waals surface area contributed by atoms with Crippen LogP contribution in [0, 0.1) is 0 Å². The van der Waals surface area contributed by atoms with Gasteiger partial charge in [-0.05, 0) is 210 Å². The minimum Gasteiger partial charge on any atom is -0.248 e. The summed E-state index contributed by atoms with van der Waals surface area (Å²) in [5.41, 5.74) is 35.2. The highest BCUT2D eigenvalue weighted by Gasteiger charge is 2.19. The Labute approximate surface area is 717 Å². The van der Waals surface area contributed by atoms with Crippen LogP contribution >= 0.6 is 22.7 Å². The summed E-state index contributed by atoms with van der Waals surface area (Å²) in [5, 5.41) is 5.08. The van der Waals surface area contributed by atoms with Gasteiger partial charge in [0.25, 0.3) is 0 Å². The van der Waals surface area contributed by atoms with Crippen LogP contribution < -0.4 is 0 Å². The average molecular weight is 1590 g/mol. The van der Waals surface area contributed by atoms with Crippen molar-refractivity contribution in [2.45, 2.75) is 0 Å². The van der Waals surface area contributed by atoms with E-state index in [0.29, 0.717) is 0 Å². The average Bonchev–Trinajstić information content (AvgIpc) is 1.60. The molecule has 122 heavy (non-hydrogen) atoms. The highest BCUT2D eigenvalue weighted by atomic mass is 32.1. The lowest BCUT2D eigenvalue weighted by Crippen LogP contribution is -1.91. The van der Waals surface area contributed by atoms with E-state index in [1.54, 1.807) is 0 Å². The Morgan fingerprint density at radius 3 is 0.484 bits per heavy atom. The zero-order valence-corrected chi connectivity index (χ0v) is 68.1. The second kappa shape index (κ2) is 33.2. The molecule has 0 aliphatic carbocycles. The summed E-state index contributed by atoms with van der Waals surface area (Å²) < 4.78 is 5.13. The summed E-state index contributed by atoms with van der Waals surface area (Å²) >= 11 is 3.70. The van der Waals surface area contributed by atoms with E-state index in [9.17, 15) is 0 Å². The number of thiophene rings is 2. The Kier molecular flexibility index (Phi) is 20.1. The van der Waals surface area contributed by atoms with Crippen LogP contribution in [0.25, 0.3) is 219 Å². The van der Waals surface area contributed by atoms with Crippen LogP contribution in [0.15, 0.2) is 461 Å². The Hall–Kier alpha value is -15.4. The monoisotopic (exact) mass is 1590 g/mol. The lowest BCUT2D eigenvalue weighted by Gasteiger charge is -2.12. The van der Waals surface area contributed by atoms with Crippen LogP contribution in [-0.2, 0) is 0 Å². The number of pyridine rings is 4. The normalized spacial score (nSPS) is 11.3. The third-order valence-corrected chi connectivity index (χ3v) is 25.2. The van der Waals surface area contributed by atoms with Crippen molar-refractivity contribution in [1.82, 2.24) is 19.9 Å². The van der Waals surface area contributed by atoms with Gasteiger partial charge in [0.15, 0.2) is 0 Å². The molecule has 0 fully saturated rings. The Balaban J connectivity index is 0.000000150. The molecule has 0 bridgehead atoms. The van der Waals surface area contributed by atoms with E-state index in [1.807, 2.05) is 59.1 Å². The lowest BCUT2D eigenvalue weighted by atomic mass is 9.95. The van der Waals surface area contributed by atoms with Crippen molar-refractivity contribution < 1.29 is 0 Å². The van der Waals surface area contributed by atoms with Crippen molar-refractivity contribution in [2.75, 3.05) is 0 Å². The fourth-order valence-corrected chi connectivity index (χ4v) is 18.8. The molecule has 6 heterocycles. The number of hydrogen-bond donors (Lipinski definition) is 0. The van der Waals surface area contributed by atoms with E-state index in [1.165, 1.54) is 84.9 Å². The van der Waals surface area contributed by atoms with Crippen molar-refractivity contribution in [3.05, 3.63) is 461 Å². The molecule has 4 nitrogen and oxygen atoms in total. The maximum atomic E-state index is 5.21. The predicted molar refractivity (Wildman–Crippen MR) is 517 cm³/mol. The zero-order chi connectivity index (χ0) is 81.1. The molecule has 6 heteroatoms. The topological polar surface area (TPSA) is 51.6 Å². The van der Waals surface area contributed by atoms with Gasteiger partial charge in [-0.15, -0.1) is 22.7 Å². The summed E-state index contributed by atoms with van der Waals surface area (Å²) in [6, 6.07) is 165. The number of aromatic nitrogens is 4. The molecule has 0 atom stereocenters. The van der Waals surface area contributed by atoms with Crippen LogP contribution in [0.5, 0.6) is 0 Å². The predicted octanol–water partition coefficient (Wildman–Crippen LogP) is 32.4. The first-order valence-corrected chi connectivity index (χ1v) is 42.9. The minimum absolute atomic E-state index is 0.953. The standard InChI is InChI=1S/2C58H38N2S/c1-5-15-39(16-6-1)49-35-53(41-19-9-3-10-20-41)59-55(37-49)47-25-13-23-43(31-47)45-27-29-57-51(33-45)52-34-46(28-30-58(52)61-57)44-24-14-26-48(32-44)56-38-50(40-17-7-2-8-18-40)36-54(60-56)42-21-11-4-12-22-42;1-5-15-39(16-6-1)53-35-49(36-54(59-53)40-17-7-2-8-18-40)45-25-13-23-43(31-45)47-27-29-57-51(33-47)52-34-48(28-30-58(52)61-57)44-24-14-26-46(32-44)50-37-55(41-19-9-3-10-20-41)60-56(38-50)42-21-11-4-12-22-42/h2*1-38H. The first kappa shape index (κ1) is 74.1. The van der Waals surface area contributed by atoms with E-state index in [-0.39, 0.29) is 0 Å². The lowest BCUT2D eigenvalue weighted by molar-refractivity contribution is 1.32. The molecule has 22 rings (SSSR count). The largest absolute Gasteiger partial charge is 0.248 e. The number of fused-ring (bicyclic) bond motifs is 6. The number of nitrogens with zero attached hydrogens (tertiary/aromatic N) is 4. The van der Waals surface area contributed by atoms with E-state index in [2.05, 4.69) is 425 Å². The van der Waals surface area contributed by atoms with Gasteiger partial charge in [0, 0.05) is 84.9 Å². The molecule has 16 aromatic carbocycles. The smallest absolute Gasteiger partial charge is 0.0715 e. The van der Waals surface area contributed by atoms with Crippen molar-refractivity contribution in [2.24, 2.45) is 0 Å². The number of rotatable bonds is 16. The molecule has 572 valence electrons. The molecular formula is C116H76N4S2. The van der Waals surface area contributed by atoms with Crippen molar-refractivity contribution >= 4 is 63.0 Å². The zero-order valence-electron chi connectivity index (χ0n) is 66.5. The maximum Gasteiger partial charge on any atom is 0.0715 e. The van der Waals surface area contributed by atoms with E-state index in [4.69, 9.17) is 19.9 Å². The Bertz CT molecular complexity index is 6450. The van der Waals surface area contributed by atoms with Gasteiger partial charge in [0.1, 0.15) is 0 Å². The Morgan fingerprint density at radius 2 is 0.262 bits per heavy atom. The van der Waals surface area contributed by atoms with Gasteiger partial charge in [-0.25, -0.2) is 19.9 Å². The van der Waals surface area contributed by atoms with E-state index >= 15 is 0 Å². The first-order chi connectivity index (χ1) is 60.4. The second-order valence-corrected chi connectivity index (χ2v) is 33.0. The first-order valence-electron chi connectivity index (χ1n) is 41.2. The molecule has 0 unspecified atom stereocenters. The summed E-state index contributed by atoms with van der Waals surface area (Å²) in [7, 11) is 0. The second-order valence-electron chi connectivity index (χ2n) is 30.8. The van der Waals surface area contributed by atoms with Crippen molar-refractivity contribution in [3.63, 3.8) is 0 Å². The number of benzene rings is 16.